The second-order valence-corrected chi connectivity index (χ2v) is 5.05. The van der Waals surface area contributed by atoms with Gasteiger partial charge in [0.25, 0.3) is 11.8 Å². The van der Waals surface area contributed by atoms with Crippen LogP contribution in [0.5, 0.6) is 0 Å². The highest BCUT2D eigenvalue weighted by atomic mass is 16.2. The fraction of sp³-hybridized carbons (Fsp3) is 0.333. The molecule has 6 heteroatoms. The number of carbonyl (C=O) groups excluding carboxylic acids is 4. The van der Waals surface area contributed by atoms with E-state index in [1.54, 1.807) is 32.0 Å². The zero-order valence-corrected chi connectivity index (χ0v) is 11.9. The number of aryl methyl sites for hydroxylation is 1. The molecule has 0 saturated heterocycles. The topological polar surface area (TPSA) is 83.6 Å². The summed E-state index contributed by atoms with van der Waals surface area (Å²) in [6.07, 6.45) is 0.703. The van der Waals surface area contributed by atoms with E-state index in [0.29, 0.717) is 24.0 Å². The Labute approximate surface area is 122 Å². The summed E-state index contributed by atoms with van der Waals surface area (Å²) < 4.78 is 0. The van der Waals surface area contributed by atoms with Crippen molar-refractivity contribution >= 4 is 24.1 Å². The Kier molecular flexibility index (Phi) is 4.16. The largest absolute Gasteiger partial charge is 0.299 e. The fourth-order valence-electron chi connectivity index (χ4n) is 2.48. The molecule has 1 aliphatic heterocycles. The Balaban J connectivity index is 2.14. The lowest BCUT2D eigenvalue weighted by atomic mass is 10.0. The number of hydrogen-bond acceptors (Lipinski definition) is 4. The summed E-state index contributed by atoms with van der Waals surface area (Å²) in [5.41, 5.74) is 1.61. The number of carbonyl (C=O) groups is 4. The van der Waals surface area contributed by atoms with Crippen molar-refractivity contribution in [2.45, 2.75) is 32.7 Å². The normalized spacial score (nSPS) is 14.9. The van der Waals surface area contributed by atoms with Gasteiger partial charge in [-0.1, -0.05) is 12.1 Å². The maximum Gasteiger partial charge on any atom is 0.262 e. The summed E-state index contributed by atoms with van der Waals surface area (Å²) in [4.78, 5) is 47.3. The van der Waals surface area contributed by atoms with E-state index >= 15 is 0 Å². The highest BCUT2D eigenvalue weighted by Gasteiger charge is 2.39. The molecule has 1 aliphatic rings. The van der Waals surface area contributed by atoms with E-state index in [0.717, 1.165) is 5.56 Å². The van der Waals surface area contributed by atoms with Crippen LogP contribution in [0.1, 0.15) is 46.0 Å². The molecule has 1 heterocycles. The van der Waals surface area contributed by atoms with Crippen molar-refractivity contribution in [2.24, 2.45) is 0 Å². The molecule has 110 valence electrons. The maximum atomic E-state index is 12.4. The average Bonchev–Trinajstić information content (AvgIpc) is 2.70. The first-order valence-corrected chi connectivity index (χ1v) is 6.68. The Bertz CT molecular complexity index is 624. The van der Waals surface area contributed by atoms with E-state index in [1.165, 1.54) is 4.90 Å². The molecule has 0 aliphatic carbocycles. The molecule has 2 rings (SSSR count). The molecule has 1 atom stereocenters. The second-order valence-electron chi connectivity index (χ2n) is 5.05. The van der Waals surface area contributed by atoms with Gasteiger partial charge in [-0.3, -0.25) is 29.4 Å². The van der Waals surface area contributed by atoms with Crippen molar-refractivity contribution in [1.82, 2.24) is 10.2 Å². The molecule has 0 fully saturated rings. The Hall–Kier alpha value is -2.50. The third-order valence-corrected chi connectivity index (χ3v) is 3.60. The number of nitrogens with one attached hydrogen (secondary N) is 1. The summed E-state index contributed by atoms with van der Waals surface area (Å²) in [6, 6.07) is 4.75. The molecule has 0 bridgehead atoms. The van der Waals surface area contributed by atoms with Gasteiger partial charge in [0.1, 0.15) is 0 Å². The Morgan fingerprint density at radius 2 is 2.05 bits per heavy atom. The molecule has 1 N–H and O–H groups in total. The quantitative estimate of drug-likeness (QED) is 0.648. The average molecular weight is 288 g/mol. The molecule has 1 aromatic carbocycles. The van der Waals surface area contributed by atoms with Gasteiger partial charge in [-0.05, 0) is 31.9 Å². The van der Waals surface area contributed by atoms with Gasteiger partial charge in [-0.2, -0.15) is 0 Å². The van der Waals surface area contributed by atoms with Gasteiger partial charge >= 0.3 is 0 Å². The number of amides is 4. The first-order chi connectivity index (χ1) is 9.97. The minimum Gasteiger partial charge on any atom is -0.299 e. The predicted molar refractivity (Wildman–Crippen MR) is 74.6 cm³/mol. The van der Waals surface area contributed by atoms with Crippen LogP contribution in [-0.4, -0.2) is 35.1 Å². The van der Waals surface area contributed by atoms with Crippen molar-refractivity contribution < 1.29 is 19.2 Å². The summed E-state index contributed by atoms with van der Waals surface area (Å²) in [7, 11) is 0. The fourth-order valence-corrected chi connectivity index (χ4v) is 2.48. The maximum absolute atomic E-state index is 12.4. The van der Waals surface area contributed by atoms with Crippen LogP contribution in [0.15, 0.2) is 18.2 Å². The van der Waals surface area contributed by atoms with Gasteiger partial charge in [0.15, 0.2) is 0 Å². The minimum atomic E-state index is -0.426. The molecule has 0 radical (unpaired) electrons. The van der Waals surface area contributed by atoms with Crippen LogP contribution in [0.25, 0.3) is 0 Å². The number of nitrogens with zero attached hydrogens (tertiary/aromatic N) is 1. The predicted octanol–water partition coefficient (Wildman–Crippen LogP) is 1.03. The van der Waals surface area contributed by atoms with Crippen molar-refractivity contribution in [3.8, 4) is 0 Å². The van der Waals surface area contributed by atoms with Crippen LogP contribution in [0.3, 0.4) is 0 Å². The van der Waals surface area contributed by atoms with Crippen molar-refractivity contribution in [1.29, 1.82) is 0 Å². The number of rotatable bonds is 5. The van der Waals surface area contributed by atoms with Gasteiger partial charge in [-0.15, -0.1) is 0 Å². The standard InChI is InChI=1S/C15H16N2O4/c1-9-4-3-5-11-13(9)15(21)17(14(11)20)10(2)6-7-12(19)16-8-18/h3-5,8,10H,6-7H2,1-2H3,(H,16,18,19). The Morgan fingerprint density at radius 1 is 1.33 bits per heavy atom. The lowest BCUT2D eigenvalue weighted by molar-refractivity contribution is -0.125. The van der Waals surface area contributed by atoms with Crippen LogP contribution >= 0.6 is 0 Å². The van der Waals surface area contributed by atoms with E-state index in [-0.39, 0.29) is 18.2 Å². The third kappa shape index (κ3) is 2.69. The van der Waals surface area contributed by atoms with Crippen molar-refractivity contribution in [2.75, 3.05) is 0 Å². The minimum absolute atomic E-state index is 0.0757. The number of fused-ring (bicyclic) bond motifs is 1. The van der Waals surface area contributed by atoms with Crippen molar-refractivity contribution in [3.05, 3.63) is 34.9 Å². The van der Waals surface area contributed by atoms with E-state index in [4.69, 9.17) is 0 Å². The molecular weight excluding hydrogens is 272 g/mol. The monoisotopic (exact) mass is 288 g/mol. The van der Waals surface area contributed by atoms with Gasteiger partial charge in [0.2, 0.25) is 12.3 Å². The molecule has 6 nitrogen and oxygen atoms in total. The van der Waals surface area contributed by atoms with Gasteiger partial charge in [0.05, 0.1) is 11.1 Å². The molecule has 1 aromatic rings. The summed E-state index contributed by atoms with van der Waals surface area (Å²) >= 11 is 0. The molecule has 0 spiro atoms. The second kappa shape index (κ2) is 5.87. The highest BCUT2D eigenvalue weighted by Crippen LogP contribution is 2.28. The number of hydrogen-bond donors (Lipinski definition) is 1. The molecule has 0 saturated carbocycles. The molecule has 4 amide bonds. The molecular formula is C15H16N2O4. The molecule has 0 aromatic heterocycles. The van der Waals surface area contributed by atoms with Crippen LogP contribution < -0.4 is 5.32 Å². The lowest BCUT2D eigenvalue weighted by Gasteiger charge is -2.22. The highest BCUT2D eigenvalue weighted by molar-refractivity contribution is 6.22. The number of benzene rings is 1. The SMILES string of the molecule is Cc1cccc2c1C(=O)N(C(C)CCC(=O)NC=O)C2=O. The van der Waals surface area contributed by atoms with Gasteiger partial charge in [0, 0.05) is 12.5 Å². The van der Waals surface area contributed by atoms with Crippen LogP contribution in [0, 0.1) is 6.92 Å². The zero-order valence-electron chi connectivity index (χ0n) is 11.9. The van der Waals surface area contributed by atoms with E-state index < -0.39 is 11.9 Å². The van der Waals surface area contributed by atoms with Gasteiger partial charge in [-0.25, -0.2) is 0 Å². The first-order valence-electron chi connectivity index (χ1n) is 6.68. The third-order valence-electron chi connectivity index (χ3n) is 3.60. The van der Waals surface area contributed by atoms with Gasteiger partial charge < -0.3 is 0 Å². The number of imide groups is 2. The smallest absolute Gasteiger partial charge is 0.262 e. The van der Waals surface area contributed by atoms with Crippen LogP contribution in [-0.2, 0) is 9.59 Å². The molecule has 1 unspecified atom stereocenters. The zero-order chi connectivity index (χ0) is 15.6. The molecule has 21 heavy (non-hydrogen) atoms. The first kappa shape index (κ1) is 14.9. The summed E-state index contributed by atoms with van der Waals surface area (Å²) in [5, 5.41) is 2.03. The Morgan fingerprint density at radius 3 is 2.67 bits per heavy atom. The van der Waals surface area contributed by atoms with Crippen LogP contribution in [0.2, 0.25) is 0 Å². The lowest BCUT2D eigenvalue weighted by Crippen LogP contribution is -2.38. The van der Waals surface area contributed by atoms with E-state index in [1.807, 2.05) is 5.32 Å². The van der Waals surface area contributed by atoms with Crippen molar-refractivity contribution in [3.63, 3.8) is 0 Å². The van der Waals surface area contributed by atoms with E-state index in [2.05, 4.69) is 0 Å². The summed E-state index contributed by atoms with van der Waals surface area (Å²) in [6.45, 7) is 3.50. The summed E-state index contributed by atoms with van der Waals surface area (Å²) in [5.74, 6) is -1.08. The van der Waals surface area contributed by atoms with E-state index in [9.17, 15) is 19.2 Å². The van der Waals surface area contributed by atoms with Crippen LogP contribution in [0.4, 0.5) is 0 Å².